The molecule has 6 heteroatoms. The average Bonchev–Trinajstić information content (AvgIpc) is 3.37. The number of nitrogens with zero attached hydrogens (tertiary/aromatic N) is 2. The molecule has 0 bridgehead atoms. The number of fused-ring (bicyclic) bond motifs is 1. The number of amides is 1. The van der Waals surface area contributed by atoms with Crippen molar-refractivity contribution in [3.63, 3.8) is 0 Å². The lowest BCUT2D eigenvalue weighted by atomic mass is 9.95. The minimum absolute atomic E-state index is 0.00763. The second-order valence-corrected chi connectivity index (χ2v) is 8.12. The van der Waals surface area contributed by atoms with Crippen molar-refractivity contribution in [1.82, 2.24) is 15.1 Å². The molecule has 0 fully saturated rings. The number of carbonyl (C=O) groups excluding carboxylic acids is 1. The molecule has 2 heterocycles. The molecule has 1 aliphatic heterocycles. The second kappa shape index (κ2) is 9.90. The van der Waals surface area contributed by atoms with Crippen molar-refractivity contribution in [1.29, 1.82) is 0 Å². The monoisotopic (exact) mass is 433 g/mol. The predicted octanol–water partition coefficient (Wildman–Crippen LogP) is 5.61. The highest BCUT2D eigenvalue weighted by molar-refractivity contribution is 6.00. The van der Waals surface area contributed by atoms with Gasteiger partial charge in [-0.25, -0.2) is 0 Å². The Kier molecular flexibility index (Phi) is 6.78. The molecule has 0 aliphatic carbocycles. The lowest BCUT2D eigenvalue weighted by molar-refractivity contribution is 0.0740. The Bertz CT molecular complexity index is 1060. The summed E-state index contributed by atoms with van der Waals surface area (Å²) in [5.74, 6) is 1.62. The zero-order valence-electron chi connectivity index (χ0n) is 19.1. The Morgan fingerprint density at radius 1 is 1.03 bits per heavy atom. The summed E-state index contributed by atoms with van der Waals surface area (Å²) < 4.78 is 11.2. The van der Waals surface area contributed by atoms with Gasteiger partial charge in [-0.15, -0.1) is 0 Å². The van der Waals surface area contributed by atoms with E-state index in [2.05, 4.69) is 36.2 Å². The first-order valence-electron chi connectivity index (χ1n) is 11.4. The van der Waals surface area contributed by atoms with Gasteiger partial charge in [-0.1, -0.05) is 38.8 Å². The molecule has 1 N–H and O–H groups in total. The third-order valence-electron chi connectivity index (χ3n) is 5.88. The van der Waals surface area contributed by atoms with Crippen LogP contribution in [0.1, 0.15) is 67.2 Å². The third kappa shape index (κ3) is 4.22. The minimum atomic E-state index is -0.199. The third-order valence-corrected chi connectivity index (χ3v) is 5.88. The number of aromatic amines is 1. The maximum Gasteiger partial charge on any atom is 0.273 e. The van der Waals surface area contributed by atoms with Crippen molar-refractivity contribution >= 4 is 5.91 Å². The van der Waals surface area contributed by atoms with Gasteiger partial charge in [-0.05, 0) is 54.8 Å². The highest BCUT2D eigenvalue weighted by Gasteiger charge is 2.41. The number of ether oxygens (including phenoxy) is 2. The fourth-order valence-corrected chi connectivity index (χ4v) is 4.27. The molecule has 0 radical (unpaired) electrons. The van der Waals surface area contributed by atoms with Crippen LogP contribution in [0.15, 0.2) is 48.5 Å². The Labute approximate surface area is 189 Å². The molecule has 32 heavy (non-hydrogen) atoms. The van der Waals surface area contributed by atoms with Crippen molar-refractivity contribution in [3.05, 3.63) is 65.4 Å². The van der Waals surface area contributed by atoms with Crippen LogP contribution in [0, 0.1) is 0 Å². The second-order valence-electron chi connectivity index (χ2n) is 8.12. The first-order valence-corrected chi connectivity index (χ1v) is 11.4. The van der Waals surface area contributed by atoms with Crippen LogP contribution in [-0.4, -0.2) is 41.3 Å². The topological polar surface area (TPSA) is 67.5 Å². The number of aromatic nitrogens is 2. The van der Waals surface area contributed by atoms with E-state index in [0.29, 0.717) is 18.8 Å². The highest BCUT2D eigenvalue weighted by Crippen LogP contribution is 2.43. The van der Waals surface area contributed by atoms with Gasteiger partial charge in [0.05, 0.1) is 25.5 Å². The van der Waals surface area contributed by atoms with E-state index >= 15 is 0 Å². The zero-order valence-corrected chi connectivity index (χ0v) is 19.1. The number of unbranched alkanes of at least 4 members (excludes halogenated alkanes) is 2. The summed E-state index contributed by atoms with van der Waals surface area (Å²) in [6.45, 7) is 5.64. The van der Waals surface area contributed by atoms with Gasteiger partial charge in [-0.3, -0.25) is 9.89 Å². The fourth-order valence-electron chi connectivity index (χ4n) is 4.27. The number of methoxy groups -OCH3 is 1. The molecule has 1 atom stereocenters. The number of rotatable bonds is 10. The van der Waals surface area contributed by atoms with Crippen molar-refractivity contribution in [2.75, 3.05) is 20.3 Å². The minimum Gasteiger partial charge on any atom is -0.497 e. The van der Waals surface area contributed by atoms with Gasteiger partial charge in [0.1, 0.15) is 17.2 Å². The van der Waals surface area contributed by atoms with Crippen LogP contribution in [0.25, 0.3) is 11.3 Å². The maximum absolute atomic E-state index is 13.4. The lowest BCUT2D eigenvalue weighted by Gasteiger charge is -2.26. The van der Waals surface area contributed by atoms with E-state index in [1.165, 1.54) is 0 Å². The molecule has 1 unspecified atom stereocenters. The van der Waals surface area contributed by atoms with Crippen LogP contribution >= 0.6 is 0 Å². The van der Waals surface area contributed by atoms with Gasteiger partial charge in [0.2, 0.25) is 0 Å². The Hall–Kier alpha value is -3.28. The molecule has 168 valence electrons. The van der Waals surface area contributed by atoms with E-state index in [0.717, 1.165) is 59.6 Å². The van der Waals surface area contributed by atoms with Gasteiger partial charge in [-0.2, -0.15) is 5.10 Å². The number of H-pyrrole nitrogens is 1. The van der Waals surface area contributed by atoms with Crippen molar-refractivity contribution < 1.29 is 14.3 Å². The molecule has 1 amide bonds. The summed E-state index contributed by atoms with van der Waals surface area (Å²) in [5, 5.41) is 7.58. The first kappa shape index (κ1) is 21.9. The summed E-state index contributed by atoms with van der Waals surface area (Å²) in [4.78, 5) is 15.4. The van der Waals surface area contributed by atoms with Crippen molar-refractivity contribution in [2.45, 2.75) is 45.6 Å². The van der Waals surface area contributed by atoms with Crippen LogP contribution in [0.4, 0.5) is 0 Å². The van der Waals surface area contributed by atoms with Crippen LogP contribution in [0.2, 0.25) is 0 Å². The highest BCUT2D eigenvalue weighted by atomic mass is 16.5. The average molecular weight is 434 g/mol. The molecule has 0 saturated carbocycles. The van der Waals surface area contributed by atoms with E-state index in [1.54, 1.807) is 7.11 Å². The molecule has 1 aromatic heterocycles. The van der Waals surface area contributed by atoms with Gasteiger partial charge in [0, 0.05) is 17.7 Å². The lowest BCUT2D eigenvalue weighted by Crippen LogP contribution is -2.30. The van der Waals surface area contributed by atoms with Gasteiger partial charge < -0.3 is 14.4 Å². The van der Waals surface area contributed by atoms with Crippen molar-refractivity contribution in [3.8, 4) is 22.8 Å². The molecule has 6 nitrogen and oxygen atoms in total. The molecular weight excluding hydrogens is 402 g/mol. The van der Waals surface area contributed by atoms with Gasteiger partial charge in [0.15, 0.2) is 0 Å². The Morgan fingerprint density at radius 2 is 1.84 bits per heavy atom. The maximum atomic E-state index is 13.4. The SMILES string of the molecule is CCCCCN1C(=O)c2[nH]nc(-c3ccc(OC)cc3)c2C1c1cccc(OCCC)c1. The van der Waals surface area contributed by atoms with Crippen LogP contribution in [-0.2, 0) is 0 Å². The summed E-state index contributed by atoms with van der Waals surface area (Å²) in [7, 11) is 1.65. The summed E-state index contributed by atoms with van der Waals surface area (Å²) in [6, 6.07) is 15.7. The van der Waals surface area contributed by atoms with Crippen LogP contribution in [0.3, 0.4) is 0 Å². The summed E-state index contributed by atoms with van der Waals surface area (Å²) in [6.07, 6.45) is 4.12. The number of carbonyl (C=O) groups is 1. The number of nitrogens with one attached hydrogen (secondary N) is 1. The molecule has 4 rings (SSSR count). The fraction of sp³-hybridized carbons (Fsp3) is 0.385. The molecule has 1 aliphatic rings. The molecule has 3 aromatic rings. The van der Waals surface area contributed by atoms with E-state index in [9.17, 15) is 4.79 Å². The summed E-state index contributed by atoms with van der Waals surface area (Å²) >= 11 is 0. The number of benzene rings is 2. The van der Waals surface area contributed by atoms with Crippen LogP contribution < -0.4 is 9.47 Å². The number of hydrogen-bond acceptors (Lipinski definition) is 4. The Morgan fingerprint density at radius 3 is 2.56 bits per heavy atom. The first-order chi connectivity index (χ1) is 15.7. The molecule has 0 saturated heterocycles. The molecule has 2 aromatic carbocycles. The molecule has 0 spiro atoms. The predicted molar refractivity (Wildman–Crippen MR) is 125 cm³/mol. The molecular formula is C26H31N3O3. The van der Waals surface area contributed by atoms with E-state index in [-0.39, 0.29) is 11.9 Å². The van der Waals surface area contributed by atoms with Crippen LogP contribution in [0.5, 0.6) is 11.5 Å². The zero-order chi connectivity index (χ0) is 22.5. The normalized spacial score (nSPS) is 15.2. The van der Waals surface area contributed by atoms with Gasteiger partial charge in [0.25, 0.3) is 5.91 Å². The van der Waals surface area contributed by atoms with E-state index < -0.39 is 0 Å². The van der Waals surface area contributed by atoms with Crippen molar-refractivity contribution in [2.24, 2.45) is 0 Å². The number of hydrogen-bond donors (Lipinski definition) is 1. The van der Waals surface area contributed by atoms with E-state index in [4.69, 9.17) is 9.47 Å². The smallest absolute Gasteiger partial charge is 0.273 e. The van der Waals surface area contributed by atoms with E-state index in [1.807, 2.05) is 41.3 Å². The standard InChI is InChI=1S/C26H31N3O3/c1-4-6-7-15-29-25(19-9-8-10-21(17-19)32-16-5-2)22-23(27-28-24(22)26(29)30)18-11-13-20(31-3)14-12-18/h8-14,17,25H,4-7,15-16H2,1-3H3,(H,27,28). The largest absolute Gasteiger partial charge is 0.497 e. The Balaban J connectivity index is 1.77. The summed E-state index contributed by atoms with van der Waals surface area (Å²) in [5.41, 5.74) is 4.31. The quantitative estimate of drug-likeness (QED) is 0.422. The van der Waals surface area contributed by atoms with Gasteiger partial charge >= 0.3 is 0 Å².